The Kier molecular flexibility index (Phi) is 29.2. The second-order valence-electron chi connectivity index (χ2n) is 27.0. The standard InChI is InChI=1S/C24H36OSi2.C24H38OSi2.2C18H24OSi/c1-7-26(8-2,9-3)21-17-13-15-19-20-16-14-18-22(24(20)25-23(19)21)27(10-4,11-5)12-6;1-7-26(8-2,9-3)21-16-13-15-20(19-21)22-17-14-18-23(24(22)25)27(10-4,11-5)12-6;1-4-20(5-2,6-3)16-11-9-10-15(14-16)17-12-7-8-13-18(17)19;1-4-20(5-2,6-3)17-14-10-13-16(18(17)19)15-11-8-7-9-12-15/h13-18H,7-12H2,1-6H3;13-19,25H,7-12H2,1-6H3;2*7-14,19H,4-6H2,1-3H3. The van der Waals surface area contributed by atoms with Crippen molar-refractivity contribution in [1.29, 1.82) is 0 Å². The highest BCUT2D eigenvalue weighted by Gasteiger charge is 2.38. The van der Waals surface area contributed by atoms with Crippen molar-refractivity contribution in [3.05, 3.63) is 176 Å². The molecule has 0 radical (unpaired) electrons. The Morgan fingerprint density at radius 3 is 0.862 bits per heavy atom. The smallest absolute Gasteiger partial charge is 0.134 e. The summed E-state index contributed by atoms with van der Waals surface area (Å²) in [5, 5.41) is 43.4. The van der Waals surface area contributed by atoms with Gasteiger partial charge in [-0.2, -0.15) is 0 Å². The van der Waals surface area contributed by atoms with E-state index in [-0.39, 0.29) is 0 Å². The minimum atomic E-state index is -1.61. The molecule has 0 unspecified atom stereocenters. The highest BCUT2D eigenvalue weighted by Crippen LogP contribution is 2.38. The SMILES string of the molecule is CC[Si](CC)(CC)c1cccc(-c2cccc([Si](CC)(CC)CC)c2O)c1.CC[Si](CC)(CC)c1cccc(-c2ccccc2)c1O.CC[Si](CC)(CC)c1cccc(-c2ccccc2O)c1.CC[Si](CC)(CC)c1cccc2c1oc1c([Si](CC)(CC)CC)cccc12. The molecular weight excluding hydrogens is 1240 g/mol. The minimum absolute atomic E-state index is 0.362. The van der Waals surface area contributed by atoms with Crippen LogP contribution in [0.5, 0.6) is 17.2 Å². The monoisotopic (exact) mass is 1360 g/mol. The number of rotatable bonds is 27. The average molecular weight is 1360 g/mol. The lowest BCUT2D eigenvalue weighted by molar-refractivity contribution is 0.477. The molecule has 0 saturated heterocycles. The summed E-state index contributed by atoms with van der Waals surface area (Å²) in [7, 11) is -8.93. The maximum absolute atomic E-state index is 11.3. The predicted octanol–water partition coefficient (Wildman–Crippen LogP) is 23.1. The number of aromatic hydroxyl groups is 3. The summed E-state index contributed by atoms with van der Waals surface area (Å²) in [6.45, 7) is 42.1. The number of fused-ring (bicyclic) bond motifs is 3. The number of furan rings is 1. The van der Waals surface area contributed by atoms with Gasteiger partial charge in [-0.05, 0) is 43.5 Å². The van der Waals surface area contributed by atoms with Crippen molar-refractivity contribution in [2.75, 3.05) is 0 Å². The van der Waals surface area contributed by atoms with E-state index in [0.29, 0.717) is 17.2 Å². The summed E-state index contributed by atoms with van der Waals surface area (Å²) in [6.07, 6.45) is 0. The van der Waals surface area contributed by atoms with Crippen LogP contribution in [0.4, 0.5) is 0 Å². The van der Waals surface area contributed by atoms with E-state index in [9.17, 15) is 15.3 Å². The highest BCUT2D eigenvalue weighted by atomic mass is 28.3. The molecule has 0 aliphatic rings. The Bertz CT molecular complexity index is 3650. The Hall–Kier alpha value is -5.74. The van der Waals surface area contributed by atoms with Crippen molar-refractivity contribution in [2.24, 2.45) is 0 Å². The van der Waals surface area contributed by atoms with Crippen LogP contribution in [0.1, 0.15) is 125 Å². The van der Waals surface area contributed by atoms with E-state index in [2.05, 4.69) is 252 Å². The van der Waals surface area contributed by atoms with Crippen LogP contribution in [0, 0.1) is 0 Å². The van der Waals surface area contributed by atoms with E-state index in [4.69, 9.17) is 4.42 Å². The Labute approximate surface area is 577 Å². The van der Waals surface area contributed by atoms with Crippen LogP contribution in [-0.2, 0) is 0 Å². The van der Waals surface area contributed by atoms with Crippen molar-refractivity contribution < 1.29 is 19.7 Å². The molecule has 3 N–H and O–H groups in total. The Morgan fingerprint density at radius 1 is 0.245 bits per heavy atom. The van der Waals surface area contributed by atoms with Gasteiger partial charge in [-0.1, -0.05) is 414 Å². The Balaban J connectivity index is 0.000000201. The van der Waals surface area contributed by atoms with E-state index < -0.39 is 48.4 Å². The molecular formula is C84H122O4Si6. The zero-order chi connectivity index (χ0) is 68.9. The van der Waals surface area contributed by atoms with Gasteiger partial charge in [0.25, 0.3) is 0 Å². The first-order chi connectivity index (χ1) is 45.4. The fourth-order valence-corrected chi connectivity index (χ4v) is 38.7. The van der Waals surface area contributed by atoms with Crippen molar-refractivity contribution in [1.82, 2.24) is 0 Å². The first-order valence-electron chi connectivity index (χ1n) is 37.0. The van der Waals surface area contributed by atoms with Crippen molar-refractivity contribution in [3.63, 3.8) is 0 Å². The van der Waals surface area contributed by atoms with Crippen LogP contribution in [0.25, 0.3) is 55.3 Å². The summed E-state index contributed by atoms with van der Waals surface area (Å²) in [5.74, 6) is 1.42. The lowest BCUT2D eigenvalue weighted by Gasteiger charge is -2.31. The van der Waals surface area contributed by atoms with Crippen LogP contribution in [0.3, 0.4) is 0 Å². The van der Waals surface area contributed by atoms with Crippen LogP contribution >= 0.6 is 0 Å². The molecule has 8 aromatic carbocycles. The fraction of sp³-hybridized carbons (Fsp3) is 0.429. The summed E-state index contributed by atoms with van der Waals surface area (Å²) >= 11 is 0. The molecule has 0 aliphatic carbocycles. The van der Waals surface area contributed by atoms with Gasteiger partial charge in [0.15, 0.2) is 0 Å². The first-order valence-corrected chi connectivity index (χ1v) is 52.8. The van der Waals surface area contributed by atoms with Gasteiger partial charge in [0.1, 0.15) is 28.4 Å². The molecule has 0 saturated carbocycles. The van der Waals surface area contributed by atoms with Gasteiger partial charge in [0.2, 0.25) is 0 Å². The van der Waals surface area contributed by atoms with Gasteiger partial charge in [-0.25, -0.2) is 0 Å². The first kappa shape index (κ1) is 77.3. The van der Waals surface area contributed by atoms with Crippen molar-refractivity contribution >= 4 is 102 Å². The molecule has 10 heteroatoms. The topological polar surface area (TPSA) is 73.8 Å². The van der Waals surface area contributed by atoms with E-state index >= 15 is 0 Å². The second-order valence-corrected chi connectivity index (χ2v) is 58.4. The lowest BCUT2D eigenvalue weighted by atomic mass is 10.0. The van der Waals surface area contributed by atoms with Crippen molar-refractivity contribution in [3.8, 4) is 50.6 Å². The third kappa shape index (κ3) is 15.8. The minimum Gasteiger partial charge on any atom is -0.507 e. The van der Waals surface area contributed by atoms with Crippen LogP contribution in [0.2, 0.25) is 109 Å². The van der Waals surface area contributed by atoms with Crippen molar-refractivity contribution in [2.45, 2.75) is 233 Å². The second kappa shape index (κ2) is 35.5. The molecule has 1 heterocycles. The van der Waals surface area contributed by atoms with Gasteiger partial charge in [0.05, 0.1) is 48.4 Å². The predicted molar refractivity (Wildman–Crippen MR) is 435 cm³/mol. The number of benzene rings is 8. The largest absolute Gasteiger partial charge is 0.507 e. The average Bonchev–Trinajstić information content (AvgIpc) is 1.57. The normalized spacial score (nSPS) is 12.2. The maximum Gasteiger partial charge on any atom is 0.134 e. The number of phenols is 3. The highest BCUT2D eigenvalue weighted by molar-refractivity contribution is 6.95. The number of hydrogen-bond donors (Lipinski definition) is 3. The molecule has 1 aromatic heterocycles. The van der Waals surface area contributed by atoms with Gasteiger partial charge >= 0.3 is 0 Å². The molecule has 0 bridgehead atoms. The molecule has 9 rings (SSSR count). The number of para-hydroxylation sites is 5. The summed E-state index contributed by atoms with van der Waals surface area (Å²) in [4.78, 5) is 0. The lowest BCUT2D eigenvalue weighted by Crippen LogP contribution is -2.46. The Morgan fingerprint density at radius 2 is 0.511 bits per heavy atom. The maximum atomic E-state index is 11.3. The molecule has 0 aliphatic heterocycles. The van der Waals surface area contributed by atoms with Gasteiger partial charge in [0, 0.05) is 27.5 Å². The summed E-state index contributed by atoms with van der Waals surface area (Å²) in [6, 6.07) is 84.8. The fourth-order valence-electron chi connectivity index (χ4n) is 16.4. The van der Waals surface area contributed by atoms with Gasteiger partial charge in [-0.15, -0.1) is 0 Å². The van der Waals surface area contributed by atoms with Crippen LogP contribution in [-0.4, -0.2) is 63.8 Å². The molecule has 0 amide bonds. The molecule has 0 atom stereocenters. The van der Waals surface area contributed by atoms with Gasteiger partial charge < -0.3 is 19.7 Å². The summed E-state index contributed by atoms with van der Waals surface area (Å²) < 4.78 is 6.81. The van der Waals surface area contributed by atoms with E-state index in [1.807, 2.05) is 42.5 Å². The quantitative estimate of drug-likeness (QED) is 0.0449. The zero-order valence-corrected chi connectivity index (χ0v) is 67.7. The summed E-state index contributed by atoms with van der Waals surface area (Å²) in [5.41, 5.74) is 8.73. The van der Waals surface area contributed by atoms with E-state index in [0.717, 1.165) is 27.8 Å². The zero-order valence-electron chi connectivity index (χ0n) is 61.7. The molecule has 9 aromatic rings. The number of hydrogen-bond acceptors (Lipinski definition) is 4. The van der Waals surface area contributed by atoms with E-state index in [1.165, 1.54) is 152 Å². The molecule has 0 spiro atoms. The third-order valence-corrected chi connectivity index (χ3v) is 58.2. The van der Waals surface area contributed by atoms with Gasteiger partial charge in [-0.3, -0.25) is 0 Å². The molecule has 506 valence electrons. The molecule has 4 nitrogen and oxygen atoms in total. The number of phenolic OH excluding ortho intramolecular Hbond substituents is 3. The van der Waals surface area contributed by atoms with E-state index in [1.54, 1.807) is 21.6 Å². The van der Waals surface area contributed by atoms with Crippen LogP contribution < -0.4 is 31.1 Å². The molecule has 0 fully saturated rings. The van der Waals surface area contributed by atoms with Crippen LogP contribution in [0.15, 0.2) is 180 Å². The third-order valence-electron chi connectivity index (χ3n) is 24.6. The molecule has 94 heavy (non-hydrogen) atoms.